The molecule has 2 aromatic heterocycles. The standard InChI is InChI=1S/C6H5N5O2/c12-4-11(13)10-3-9-5-1-7-2-8-6(5)10/h1-4,13H. The molecule has 2 aromatic rings. The van der Waals surface area contributed by atoms with Gasteiger partial charge in [-0.3, -0.25) is 10.0 Å². The summed E-state index contributed by atoms with van der Waals surface area (Å²) in [6.45, 7) is 0. The molecule has 0 aliphatic heterocycles. The van der Waals surface area contributed by atoms with Crippen LogP contribution >= 0.6 is 0 Å². The molecule has 0 aliphatic carbocycles. The molecular weight excluding hydrogens is 174 g/mol. The highest BCUT2D eigenvalue weighted by Crippen LogP contribution is 2.05. The van der Waals surface area contributed by atoms with Crippen LogP contribution in [0.3, 0.4) is 0 Å². The van der Waals surface area contributed by atoms with E-state index in [0.717, 1.165) is 4.68 Å². The van der Waals surface area contributed by atoms with E-state index < -0.39 is 0 Å². The summed E-state index contributed by atoms with van der Waals surface area (Å²) in [4.78, 5) is 21.7. The maximum Gasteiger partial charge on any atom is 0.255 e. The third-order valence-electron chi connectivity index (χ3n) is 1.51. The SMILES string of the molecule is O=CN(O)n1cnc2cncnc21. The van der Waals surface area contributed by atoms with E-state index in [1.54, 1.807) is 0 Å². The second-order valence-corrected chi connectivity index (χ2v) is 2.25. The maximum atomic E-state index is 10.2. The van der Waals surface area contributed by atoms with Gasteiger partial charge in [-0.1, -0.05) is 0 Å². The zero-order valence-electron chi connectivity index (χ0n) is 6.40. The molecule has 7 heteroatoms. The van der Waals surface area contributed by atoms with E-state index in [1.165, 1.54) is 18.9 Å². The molecule has 0 fully saturated rings. The lowest BCUT2D eigenvalue weighted by molar-refractivity contribution is -0.114. The molecule has 7 nitrogen and oxygen atoms in total. The second-order valence-electron chi connectivity index (χ2n) is 2.25. The fraction of sp³-hybridized carbons (Fsp3) is 0. The monoisotopic (exact) mass is 179 g/mol. The predicted molar refractivity (Wildman–Crippen MR) is 41.4 cm³/mol. The number of fused-ring (bicyclic) bond motifs is 1. The maximum absolute atomic E-state index is 10.2. The smallest absolute Gasteiger partial charge is 0.255 e. The van der Waals surface area contributed by atoms with E-state index in [2.05, 4.69) is 15.0 Å². The first-order valence-electron chi connectivity index (χ1n) is 3.39. The van der Waals surface area contributed by atoms with Crippen LogP contribution in [0.4, 0.5) is 0 Å². The molecule has 0 unspecified atom stereocenters. The van der Waals surface area contributed by atoms with Crippen molar-refractivity contribution < 1.29 is 10.0 Å². The van der Waals surface area contributed by atoms with E-state index in [4.69, 9.17) is 5.21 Å². The zero-order valence-corrected chi connectivity index (χ0v) is 6.40. The number of carbonyl (C=O) groups is 1. The van der Waals surface area contributed by atoms with Crippen LogP contribution in [0.2, 0.25) is 0 Å². The van der Waals surface area contributed by atoms with Gasteiger partial charge in [-0.2, -0.15) is 4.68 Å². The van der Waals surface area contributed by atoms with E-state index in [1.807, 2.05) is 0 Å². The Morgan fingerprint density at radius 3 is 3.15 bits per heavy atom. The van der Waals surface area contributed by atoms with E-state index >= 15 is 0 Å². The fourth-order valence-corrected chi connectivity index (χ4v) is 0.956. The molecule has 0 aromatic carbocycles. The van der Waals surface area contributed by atoms with Crippen LogP contribution in [0.15, 0.2) is 18.9 Å². The lowest BCUT2D eigenvalue weighted by Gasteiger charge is -2.07. The van der Waals surface area contributed by atoms with Crippen molar-refractivity contribution >= 4 is 17.6 Å². The van der Waals surface area contributed by atoms with Gasteiger partial charge in [-0.15, -0.1) is 5.17 Å². The second kappa shape index (κ2) is 2.79. The first kappa shape index (κ1) is 7.62. The average molecular weight is 179 g/mol. The lowest BCUT2D eigenvalue weighted by atomic mass is 10.6. The molecule has 2 heterocycles. The van der Waals surface area contributed by atoms with Gasteiger partial charge in [0.1, 0.15) is 18.2 Å². The molecule has 66 valence electrons. The number of hydrogen-bond acceptors (Lipinski definition) is 5. The Morgan fingerprint density at radius 2 is 2.38 bits per heavy atom. The third kappa shape index (κ3) is 1.11. The summed E-state index contributed by atoms with van der Waals surface area (Å²) in [5, 5.41) is 9.39. The van der Waals surface area contributed by atoms with Crippen LogP contribution in [0.25, 0.3) is 11.2 Å². The molecule has 0 bridgehead atoms. The van der Waals surface area contributed by atoms with Gasteiger partial charge in [0.2, 0.25) is 0 Å². The summed E-state index contributed by atoms with van der Waals surface area (Å²) < 4.78 is 1.10. The highest BCUT2D eigenvalue weighted by Gasteiger charge is 2.06. The molecule has 2 rings (SSSR count). The largest absolute Gasteiger partial charge is 0.274 e. The minimum absolute atomic E-state index is 0.239. The van der Waals surface area contributed by atoms with Crippen molar-refractivity contribution in [2.24, 2.45) is 0 Å². The minimum atomic E-state index is 0.239. The molecule has 1 N–H and O–H groups in total. The number of rotatable bonds is 2. The number of hydroxylamine groups is 1. The zero-order chi connectivity index (χ0) is 9.26. The molecule has 0 saturated carbocycles. The van der Waals surface area contributed by atoms with Gasteiger partial charge in [0.15, 0.2) is 5.65 Å². The van der Waals surface area contributed by atoms with Crippen LogP contribution in [0, 0.1) is 0 Å². The number of hydrogen-bond donors (Lipinski definition) is 1. The molecule has 1 amide bonds. The Balaban J connectivity index is 2.64. The van der Waals surface area contributed by atoms with Crippen LogP contribution in [-0.4, -0.2) is 31.2 Å². The predicted octanol–water partition coefficient (Wildman–Crippen LogP) is -0.690. The van der Waals surface area contributed by atoms with Crippen molar-refractivity contribution in [3.63, 3.8) is 0 Å². The van der Waals surface area contributed by atoms with Crippen molar-refractivity contribution in [1.29, 1.82) is 0 Å². The molecule has 0 atom stereocenters. The lowest BCUT2D eigenvalue weighted by Crippen LogP contribution is -2.28. The van der Waals surface area contributed by atoms with Gasteiger partial charge in [-0.05, 0) is 0 Å². The van der Waals surface area contributed by atoms with Gasteiger partial charge >= 0.3 is 0 Å². The molecule has 13 heavy (non-hydrogen) atoms. The molecule has 0 aliphatic rings. The number of imidazole rings is 1. The van der Waals surface area contributed by atoms with Crippen LogP contribution in [0.1, 0.15) is 0 Å². The average Bonchev–Trinajstić information content (AvgIpc) is 2.60. The van der Waals surface area contributed by atoms with E-state index in [9.17, 15) is 4.79 Å². The normalized spacial score (nSPS) is 10.2. The van der Waals surface area contributed by atoms with Gasteiger partial charge < -0.3 is 0 Å². The Hall–Kier alpha value is -2.02. The first-order valence-corrected chi connectivity index (χ1v) is 3.39. The van der Waals surface area contributed by atoms with Crippen molar-refractivity contribution in [1.82, 2.24) is 19.6 Å². The number of nitrogens with zero attached hydrogens (tertiary/aromatic N) is 5. The molecule has 0 saturated heterocycles. The van der Waals surface area contributed by atoms with Gasteiger partial charge in [0.05, 0.1) is 6.20 Å². The van der Waals surface area contributed by atoms with Crippen LogP contribution < -0.4 is 5.17 Å². The van der Waals surface area contributed by atoms with E-state index in [0.29, 0.717) is 16.3 Å². The number of amides is 1. The van der Waals surface area contributed by atoms with Crippen molar-refractivity contribution in [2.75, 3.05) is 5.17 Å². The summed E-state index contributed by atoms with van der Waals surface area (Å²) in [7, 11) is 0. The number of aromatic nitrogens is 4. The fourth-order valence-electron chi connectivity index (χ4n) is 0.956. The first-order chi connectivity index (χ1) is 6.33. The summed E-state index contributed by atoms with van der Waals surface area (Å²) in [6, 6.07) is 0. The quantitative estimate of drug-likeness (QED) is 0.374. The summed E-state index contributed by atoms with van der Waals surface area (Å²) in [5.41, 5.74) is 0.869. The van der Waals surface area contributed by atoms with Crippen LogP contribution in [-0.2, 0) is 4.79 Å². The minimum Gasteiger partial charge on any atom is -0.274 e. The van der Waals surface area contributed by atoms with Crippen molar-refractivity contribution in [2.45, 2.75) is 0 Å². The highest BCUT2D eigenvalue weighted by molar-refractivity contribution is 5.71. The topological polar surface area (TPSA) is 84.1 Å². The Kier molecular flexibility index (Phi) is 1.64. The number of carbonyl (C=O) groups excluding carboxylic acids is 1. The van der Waals surface area contributed by atoms with Gasteiger partial charge in [0.25, 0.3) is 6.41 Å². The summed E-state index contributed by atoms with van der Waals surface area (Å²) >= 11 is 0. The Labute approximate surface area is 72.2 Å². The highest BCUT2D eigenvalue weighted by atomic mass is 16.6. The van der Waals surface area contributed by atoms with Crippen molar-refractivity contribution in [3.05, 3.63) is 18.9 Å². The molecule has 0 radical (unpaired) electrons. The van der Waals surface area contributed by atoms with E-state index in [-0.39, 0.29) is 6.41 Å². The Bertz CT molecular complexity index is 439. The van der Waals surface area contributed by atoms with Gasteiger partial charge in [-0.25, -0.2) is 15.0 Å². The molecule has 0 spiro atoms. The molecular formula is C6H5N5O2. The summed E-state index contributed by atoms with van der Waals surface area (Å²) in [6.07, 6.45) is 4.30. The van der Waals surface area contributed by atoms with Crippen LogP contribution in [0.5, 0.6) is 0 Å². The third-order valence-corrected chi connectivity index (χ3v) is 1.51. The van der Waals surface area contributed by atoms with Crippen molar-refractivity contribution in [3.8, 4) is 0 Å². The van der Waals surface area contributed by atoms with Gasteiger partial charge in [0, 0.05) is 0 Å². The Morgan fingerprint density at radius 1 is 1.54 bits per heavy atom. The summed E-state index contributed by atoms with van der Waals surface area (Å²) in [5.74, 6) is 0.